The van der Waals surface area contributed by atoms with E-state index < -0.39 is 11.6 Å². The molecule has 1 heterocycles. The lowest BCUT2D eigenvalue weighted by atomic mass is 9.97. The Morgan fingerprint density at radius 2 is 1.71 bits per heavy atom. The lowest BCUT2D eigenvalue weighted by Gasteiger charge is -2.08. The van der Waals surface area contributed by atoms with Crippen LogP contribution in [0.3, 0.4) is 0 Å². The number of fused-ring (bicyclic) bond motifs is 1. The molecule has 0 fully saturated rings. The summed E-state index contributed by atoms with van der Waals surface area (Å²) in [5.41, 5.74) is 4.43. The minimum atomic E-state index is -0.610. The number of hydrogen-bond acceptors (Lipinski definition) is 2. The number of carbonyl (C=O) groups is 1. The first kappa shape index (κ1) is 17.9. The van der Waals surface area contributed by atoms with Crippen LogP contribution in [0.4, 0.5) is 8.78 Å². The van der Waals surface area contributed by atoms with Crippen LogP contribution in [-0.4, -0.2) is 18.1 Å². The lowest BCUT2D eigenvalue weighted by Crippen LogP contribution is -2.01. The number of esters is 1. The monoisotopic (exact) mass is 377 g/mol. The number of ether oxygens (including phenoxy) is 1. The van der Waals surface area contributed by atoms with E-state index in [0.717, 1.165) is 27.6 Å². The molecular weight excluding hydrogens is 360 g/mol. The fourth-order valence-electron chi connectivity index (χ4n) is 3.42. The molecule has 0 bridgehead atoms. The van der Waals surface area contributed by atoms with Gasteiger partial charge in [0.1, 0.15) is 11.6 Å². The second-order valence-electron chi connectivity index (χ2n) is 6.60. The highest BCUT2D eigenvalue weighted by atomic mass is 19.1. The SMILES string of the molecule is COC(=O)c1ccc(-c2ccc3[nH]c(-c4c(F)cccc4F)cc3c2)c(C)c1. The molecule has 0 aliphatic carbocycles. The van der Waals surface area contributed by atoms with Gasteiger partial charge in [-0.3, -0.25) is 0 Å². The zero-order valence-electron chi connectivity index (χ0n) is 15.3. The third-order valence-corrected chi connectivity index (χ3v) is 4.81. The van der Waals surface area contributed by atoms with Crippen molar-refractivity contribution in [2.75, 3.05) is 7.11 Å². The minimum Gasteiger partial charge on any atom is -0.465 e. The van der Waals surface area contributed by atoms with E-state index in [4.69, 9.17) is 4.74 Å². The number of carbonyl (C=O) groups excluding carboxylic acids is 1. The molecule has 1 aromatic heterocycles. The molecule has 0 spiro atoms. The number of hydrogen-bond donors (Lipinski definition) is 1. The molecule has 28 heavy (non-hydrogen) atoms. The molecule has 1 N–H and O–H groups in total. The smallest absolute Gasteiger partial charge is 0.337 e. The van der Waals surface area contributed by atoms with E-state index >= 15 is 0 Å². The summed E-state index contributed by atoms with van der Waals surface area (Å²) in [5, 5.41) is 0.839. The molecule has 3 aromatic carbocycles. The number of aryl methyl sites for hydroxylation is 1. The summed E-state index contributed by atoms with van der Waals surface area (Å²) in [5.74, 6) is -1.60. The number of halogens is 2. The van der Waals surface area contributed by atoms with Crippen molar-refractivity contribution < 1.29 is 18.3 Å². The van der Waals surface area contributed by atoms with Crippen LogP contribution in [0.5, 0.6) is 0 Å². The number of H-pyrrole nitrogens is 1. The summed E-state index contributed by atoms with van der Waals surface area (Å²) < 4.78 is 32.9. The van der Waals surface area contributed by atoms with E-state index in [1.54, 1.807) is 18.2 Å². The molecule has 0 saturated carbocycles. The van der Waals surface area contributed by atoms with E-state index in [9.17, 15) is 13.6 Å². The summed E-state index contributed by atoms with van der Waals surface area (Å²) in [6.07, 6.45) is 0. The van der Waals surface area contributed by atoms with Gasteiger partial charge in [-0.25, -0.2) is 13.6 Å². The van der Waals surface area contributed by atoms with Crippen molar-refractivity contribution in [3.8, 4) is 22.4 Å². The quantitative estimate of drug-likeness (QED) is 0.453. The highest BCUT2D eigenvalue weighted by Gasteiger charge is 2.14. The zero-order valence-corrected chi connectivity index (χ0v) is 15.3. The maximum absolute atomic E-state index is 14.1. The Bertz CT molecular complexity index is 1190. The second kappa shape index (κ2) is 6.93. The van der Waals surface area contributed by atoms with Crippen LogP contribution in [0.15, 0.2) is 60.7 Å². The van der Waals surface area contributed by atoms with Crippen molar-refractivity contribution in [3.63, 3.8) is 0 Å². The van der Waals surface area contributed by atoms with E-state index in [1.807, 2.05) is 31.2 Å². The molecule has 0 radical (unpaired) electrons. The van der Waals surface area contributed by atoms with Crippen molar-refractivity contribution in [1.29, 1.82) is 0 Å². The van der Waals surface area contributed by atoms with Gasteiger partial charge in [-0.05, 0) is 66.1 Å². The van der Waals surface area contributed by atoms with E-state index in [2.05, 4.69) is 4.98 Å². The molecule has 0 saturated heterocycles. The van der Waals surface area contributed by atoms with Gasteiger partial charge < -0.3 is 9.72 Å². The fourth-order valence-corrected chi connectivity index (χ4v) is 3.42. The Morgan fingerprint density at radius 3 is 2.39 bits per heavy atom. The Morgan fingerprint density at radius 1 is 0.964 bits per heavy atom. The van der Waals surface area contributed by atoms with Gasteiger partial charge in [0.2, 0.25) is 0 Å². The number of aromatic amines is 1. The topological polar surface area (TPSA) is 42.1 Å². The van der Waals surface area contributed by atoms with Crippen LogP contribution >= 0.6 is 0 Å². The molecule has 3 nitrogen and oxygen atoms in total. The summed E-state index contributed by atoms with van der Waals surface area (Å²) in [4.78, 5) is 14.8. The van der Waals surface area contributed by atoms with E-state index in [-0.39, 0.29) is 11.5 Å². The van der Waals surface area contributed by atoms with Gasteiger partial charge in [-0.1, -0.05) is 18.2 Å². The first-order chi connectivity index (χ1) is 13.5. The summed E-state index contributed by atoms with van der Waals surface area (Å²) in [6, 6.07) is 16.7. The van der Waals surface area contributed by atoms with Crippen LogP contribution in [0.2, 0.25) is 0 Å². The molecule has 0 atom stereocenters. The first-order valence-corrected chi connectivity index (χ1v) is 8.74. The number of benzene rings is 3. The van der Waals surface area contributed by atoms with Crippen LogP contribution in [0.1, 0.15) is 15.9 Å². The van der Waals surface area contributed by atoms with E-state index in [0.29, 0.717) is 11.3 Å². The predicted octanol–water partition coefficient (Wildman–Crippen LogP) is 5.88. The van der Waals surface area contributed by atoms with Crippen molar-refractivity contribution in [3.05, 3.63) is 83.4 Å². The second-order valence-corrected chi connectivity index (χ2v) is 6.60. The molecule has 0 aliphatic heterocycles. The fraction of sp³-hybridized carbons (Fsp3) is 0.0870. The van der Waals surface area contributed by atoms with Crippen LogP contribution in [0.25, 0.3) is 33.3 Å². The van der Waals surface area contributed by atoms with Gasteiger partial charge in [0, 0.05) is 10.9 Å². The predicted molar refractivity (Wildman–Crippen MR) is 105 cm³/mol. The molecule has 5 heteroatoms. The number of nitrogens with one attached hydrogen (secondary N) is 1. The summed E-state index contributed by atoms with van der Waals surface area (Å²) in [6.45, 7) is 1.92. The van der Waals surface area contributed by atoms with Gasteiger partial charge in [0.25, 0.3) is 0 Å². The molecule has 0 amide bonds. The van der Waals surface area contributed by atoms with E-state index in [1.165, 1.54) is 25.3 Å². The van der Waals surface area contributed by atoms with Gasteiger partial charge >= 0.3 is 5.97 Å². The molecule has 4 rings (SSSR count). The van der Waals surface area contributed by atoms with Gasteiger partial charge in [-0.2, -0.15) is 0 Å². The Hall–Kier alpha value is -3.47. The minimum absolute atomic E-state index is 0.0705. The maximum Gasteiger partial charge on any atom is 0.337 e. The van der Waals surface area contributed by atoms with Crippen molar-refractivity contribution >= 4 is 16.9 Å². The van der Waals surface area contributed by atoms with Crippen LogP contribution < -0.4 is 0 Å². The zero-order chi connectivity index (χ0) is 19.8. The highest BCUT2D eigenvalue weighted by Crippen LogP contribution is 2.32. The largest absolute Gasteiger partial charge is 0.465 e. The van der Waals surface area contributed by atoms with Crippen molar-refractivity contribution in [2.45, 2.75) is 6.92 Å². The molecular formula is C23H17F2NO2. The van der Waals surface area contributed by atoms with Gasteiger partial charge in [0.05, 0.1) is 23.9 Å². The molecule has 4 aromatic rings. The van der Waals surface area contributed by atoms with Gasteiger partial charge in [-0.15, -0.1) is 0 Å². The lowest BCUT2D eigenvalue weighted by molar-refractivity contribution is 0.0600. The third kappa shape index (κ3) is 3.05. The first-order valence-electron chi connectivity index (χ1n) is 8.74. The Kier molecular flexibility index (Phi) is 4.43. The Balaban J connectivity index is 1.78. The van der Waals surface area contributed by atoms with Gasteiger partial charge in [0.15, 0.2) is 0 Å². The summed E-state index contributed by atoms with van der Waals surface area (Å²) >= 11 is 0. The van der Waals surface area contributed by atoms with Crippen molar-refractivity contribution in [2.24, 2.45) is 0 Å². The number of methoxy groups -OCH3 is 1. The normalized spacial score (nSPS) is 11.0. The third-order valence-electron chi connectivity index (χ3n) is 4.81. The number of rotatable bonds is 3. The average Bonchev–Trinajstić information content (AvgIpc) is 3.09. The molecule has 0 unspecified atom stereocenters. The maximum atomic E-state index is 14.1. The molecule has 0 aliphatic rings. The summed E-state index contributed by atoms with van der Waals surface area (Å²) in [7, 11) is 1.35. The standard InChI is InChI=1S/C23H17F2NO2/c1-13-10-15(23(27)28-2)6-8-17(13)14-7-9-20-16(11-14)12-21(26-20)22-18(24)4-3-5-19(22)25/h3-12,26H,1-2H3. The molecule has 140 valence electrons. The van der Waals surface area contributed by atoms with Crippen LogP contribution in [-0.2, 0) is 4.74 Å². The highest BCUT2D eigenvalue weighted by molar-refractivity contribution is 5.92. The Labute approximate surface area is 160 Å². The average molecular weight is 377 g/mol. The number of aromatic nitrogens is 1. The van der Waals surface area contributed by atoms with Crippen molar-refractivity contribution in [1.82, 2.24) is 4.98 Å². The van der Waals surface area contributed by atoms with Crippen LogP contribution in [0, 0.1) is 18.6 Å².